The molecule has 0 spiro atoms. The van der Waals surface area contributed by atoms with Crippen molar-refractivity contribution in [2.75, 3.05) is 0 Å². The van der Waals surface area contributed by atoms with Crippen LogP contribution in [-0.2, 0) is 8.28 Å². The monoisotopic (exact) mass is 278 g/mol. The maximum absolute atomic E-state index is 6.75. The summed E-state index contributed by atoms with van der Waals surface area (Å²) in [5, 5.41) is 7.21. The maximum atomic E-state index is 6.75. The molecule has 0 aromatic rings. The summed E-state index contributed by atoms with van der Waals surface area (Å²) in [6.07, 6.45) is 6.65. The predicted octanol–water partition coefficient (Wildman–Crippen LogP) is 5.78. The Morgan fingerprint density at radius 1 is 1.08 bits per heavy atom. The molecule has 0 aromatic carbocycles. The molecule has 1 aliphatic rings. The van der Waals surface area contributed by atoms with Gasteiger partial charge in [-0.05, 0) is 0 Å². The van der Waals surface area contributed by atoms with Crippen LogP contribution in [0.2, 0.25) is 20.9 Å². The molecule has 0 saturated carbocycles. The molecular formula is C9H17Cl3Ti. The van der Waals surface area contributed by atoms with Crippen LogP contribution in [0.25, 0.3) is 0 Å². The van der Waals surface area contributed by atoms with Crippen LogP contribution in [0.3, 0.4) is 0 Å². The summed E-state index contributed by atoms with van der Waals surface area (Å²) in [7, 11) is 14.9. The van der Waals surface area contributed by atoms with Crippen molar-refractivity contribution in [2.24, 2.45) is 0 Å². The fourth-order valence-electron chi connectivity index (χ4n) is 1.40. The SMILES string of the molecule is [CH3][Ti]([CH3])([CH3])([CH3])([Cl])([Cl])([Cl])[C]1=CC=CC1. The quantitative estimate of drug-likeness (QED) is 0.534. The first-order valence-electron chi connectivity index (χ1n) is 4.53. The van der Waals surface area contributed by atoms with Crippen molar-refractivity contribution < 1.29 is 8.28 Å². The molecule has 0 amide bonds. The van der Waals surface area contributed by atoms with Gasteiger partial charge in [0.1, 0.15) is 0 Å². The van der Waals surface area contributed by atoms with Gasteiger partial charge < -0.3 is 0 Å². The van der Waals surface area contributed by atoms with Gasteiger partial charge in [0.05, 0.1) is 0 Å². The van der Waals surface area contributed by atoms with E-state index >= 15 is 0 Å². The van der Waals surface area contributed by atoms with Crippen molar-refractivity contribution in [1.29, 1.82) is 0 Å². The van der Waals surface area contributed by atoms with Crippen LogP contribution in [0.1, 0.15) is 6.42 Å². The number of halogens is 3. The Hall–Kier alpha value is 1.06. The van der Waals surface area contributed by atoms with Crippen LogP contribution >= 0.6 is 27.9 Å². The van der Waals surface area contributed by atoms with Gasteiger partial charge in [0, 0.05) is 0 Å². The zero-order valence-electron chi connectivity index (χ0n) is 8.57. The van der Waals surface area contributed by atoms with Gasteiger partial charge in [-0.25, -0.2) is 0 Å². The zero-order chi connectivity index (χ0) is 10.8. The summed E-state index contributed by atoms with van der Waals surface area (Å²) >= 11 is 0. The first-order chi connectivity index (χ1) is 5.00. The van der Waals surface area contributed by atoms with Crippen molar-refractivity contribution in [2.45, 2.75) is 27.3 Å². The molecule has 0 aliphatic heterocycles. The van der Waals surface area contributed by atoms with Gasteiger partial charge in [0.25, 0.3) is 0 Å². The third-order valence-corrected chi connectivity index (χ3v) is 11.2. The fraction of sp³-hybridized carbons (Fsp3) is 0.556. The van der Waals surface area contributed by atoms with Crippen molar-refractivity contribution in [3.05, 3.63) is 22.1 Å². The number of hydrogen-bond acceptors (Lipinski definition) is 0. The van der Waals surface area contributed by atoms with Gasteiger partial charge in [-0.3, -0.25) is 0 Å². The Morgan fingerprint density at radius 2 is 1.54 bits per heavy atom. The molecule has 13 heavy (non-hydrogen) atoms. The minimum atomic E-state index is -5.30. The number of rotatable bonds is 1. The molecule has 0 aromatic heterocycles. The molecule has 0 N–H and O–H groups in total. The fourth-order valence-corrected chi connectivity index (χ4v) is 6.44. The first-order valence-corrected chi connectivity index (χ1v) is 18.0. The van der Waals surface area contributed by atoms with Crippen molar-refractivity contribution in [3.8, 4) is 0 Å². The normalized spacial score (nSPS) is 29.6. The van der Waals surface area contributed by atoms with Gasteiger partial charge >= 0.3 is 85.6 Å². The Bertz CT molecular complexity index is 346. The minimum absolute atomic E-state index is 0.747. The van der Waals surface area contributed by atoms with Gasteiger partial charge in [-0.15, -0.1) is 0 Å². The van der Waals surface area contributed by atoms with Crippen molar-refractivity contribution >= 4 is 27.9 Å². The summed E-state index contributed by atoms with van der Waals surface area (Å²) in [5.74, 6) is 0. The van der Waals surface area contributed by atoms with E-state index in [9.17, 15) is 0 Å². The molecule has 0 bridgehead atoms. The second-order valence-electron chi connectivity index (χ2n) is 8.09. The van der Waals surface area contributed by atoms with Crippen molar-refractivity contribution in [3.63, 3.8) is 0 Å². The van der Waals surface area contributed by atoms with Crippen LogP contribution in [0.15, 0.2) is 22.1 Å². The van der Waals surface area contributed by atoms with Gasteiger partial charge in [0.2, 0.25) is 0 Å². The summed E-state index contributed by atoms with van der Waals surface area (Å²) in [4.78, 5) is 0. The molecule has 0 fully saturated rings. The van der Waals surface area contributed by atoms with E-state index in [0.717, 1.165) is 10.3 Å². The summed E-state index contributed by atoms with van der Waals surface area (Å²) < 4.78 is 0.942. The first kappa shape index (κ1) is 12.1. The summed E-state index contributed by atoms with van der Waals surface area (Å²) in [5.41, 5.74) is 0. The van der Waals surface area contributed by atoms with E-state index < -0.39 is 8.28 Å². The molecule has 0 saturated heterocycles. The Balaban J connectivity index is 3.65. The van der Waals surface area contributed by atoms with Gasteiger partial charge in [0.15, 0.2) is 0 Å². The Labute approximate surface area is 85.0 Å². The summed E-state index contributed by atoms with van der Waals surface area (Å²) in [6, 6.07) is 0. The van der Waals surface area contributed by atoms with E-state index in [1.807, 2.05) is 18.2 Å². The zero-order valence-corrected chi connectivity index (χ0v) is 12.4. The number of allylic oxidation sites excluding steroid dienone is 4. The van der Waals surface area contributed by atoms with E-state index in [4.69, 9.17) is 27.9 Å². The van der Waals surface area contributed by atoms with E-state index in [-0.39, 0.29) is 0 Å². The summed E-state index contributed by atoms with van der Waals surface area (Å²) in [6.45, 7) is 0. The topological polar surface area (TPSA) is 0 Å². The van der Waals surface area contributed by atoms with Crippen LogP contribution in [0.5, 0.6) is 0 Å². The van der Waals surface area contributed by atoms with E-state index in [2.05, 4.69) is 0 Å². The molecule has 0 unspecified atom stereocenters. The van der Waals surface area contributed by atoms with E-state index in [0.29, 0.717) is 0 Å². The second-order valence-corrected chi connectivity index (χ2v) is 58.3. The van der Waals surface area contributed by atoms with Crippen LogP contribution in [-0.4, -0.2) is 0 Å². The molecular weight excluding hydrogens is 262 g/mol. The molecule has 0 nitrogen and oxygen atoms in total. The van der Waals surface area contributed by atoms with Gasteiger partial charge in [-0.1, -0.05) is 0 Å². The second kappa shape index (κ2) is 1.46. The van der Waals surface area contributed by atoms with Crippen LogP contribution in [0.4, 0.5) is 0 Å². The van der Waals surface area contributed by atoms with Crippen LogP contribution < -0.4 is 0 Å². The average Bonchev–Trinajstić information content (AvgIpc) is 1.97. The molecule has 1 rings (SSSR count). The molecule has 78 valence electrons. The average molecular weight is 279 g/mol. The van der Waals surface area contributed by atoms with Crippen LogP contribution in [0, 0.1) is 0 Å². The standard InChI is InChI=1S/C5H5.4CH3.3ClH.Ti/c1-2-4-5-3-1;;;;;;;;/h1-3H,4H2;4*1H3;3*1H;/q;;;;;;;;+3/p-3. The number of hydrogen-bond donors (Lipinski definition) is 0. The third kappa shape index (κ3) is 3.29. The molecule has 0 heterocycles. The van der Waals surface area contributed by atoms with Crippen molar-refractivity contribution in [1.82, 2.24) is 0 Å². The van der Waals surface area contributed by atoms with Gasteiger partial charge in [-0.2, -0.15) is 0 Å². The Kier molecular flexibility index (Phi) is 1.36. The van der Waals surface area contributed by atoms with E-state index in [1.54, 1.807) is 20.9 Å². The predicted molar refractivity (Wildman–Crippen MR) is 62.9 cm³/mol. The molecule has 0 radical (unpaired) electrons. The molecule has 4 heteroatoms. The molecule has 1 aliphatic carbocycles. The third-order valence-electron chi connectivity index (χ3n) is 2.42. The van der Waals surface area contributed by atoms with E-state index in [1.165, 1.54) is 0 Å². The Morgan fingerprint density at radius 3 is 1.69 bits per heavy atom. The molecule has 0 atom stereocenters.